The molecule has 2 aromatic rings. The standard InChI is InChI=1S/C16H16BrFN2O/c17-14-5-6-15(18)13(7-14)10-20-16(21)8-11-3-1-2-4-12(11)9-19/h1-7H,8-10,19H2,(H,20,21). The van der Waals surface area contributed by atoms with Crippen molar-refractivity contribution in [2.45, 2.75) is 19.5 Å². The maximum atomic E-state index is 13.6. The maximum absolute atomic E-state index is 13.6. The van der Waals surface area contributed by atoms with E-state index in [-0.39, 0.29) is 24.7 Å². The van der Waals surface area contributed by atoms with Crippen molar-refractivity contribution in [3.63, 3.8) is 0 Å². The van der Waals surface area contributed by atoms with Gasteiger partial charge in [0.25, 0.3) is 0 Å². The zero-order chi connectivity index (χ0) is 15.2. The van der Waals surface area contributed by atoms with Gasteiger partial charge in [0, 0.05) is 23.1 Å². The summed E-state index contributed by atoms with van der Waals surface area (Å²) in [6.07, 6.45) is 0.239. The molecule has 0 aromatic heterocycles. The third-order valence-electron chi connectivity index (χ3n) is 3.17. The first-order valence-electron chi connectivity index (χ1n) is 6.57. The van der Waals surface area contributed by atoms with Crippen LogP contribution in [0.15, 0.2) is 46.9 Å². The number of halogens is 2. The molecule has 2 aromatic carbocycles. The van der Waals surface area contributed by atoms with Gasteiger partial charge in [-0.15, -0.1) is 0 Å². The molecule has 0 atom stereocenters. The molecule has 21 heavy (non-hydrogen) atoms. The molecule has 3 N–H and O–H groups in total. The van der Waals surface area contributed by atoms with Gasteiger partial charge in [-0.05, 0) is 29.3 Å². The van der Waals surface area contributed by atoms with Gasteiger partial charge in [-0.2, -0.15) is 0 Å². The van der Waals surface area contributed by atoms with E-state index in [1.54, 1.807) is 12.1 Å². The molecule has 0 unspecified atom stereocenters. The average molecular weight is 351 g/mol. The minimum Gasteiger partial charge on any atom is -0.352 e. The average Bonchev–Trinajstić information content (AvgIpc) is 2.49. The summed E-state index contributed by atoms with van der Waals surface area (Å²) in [5.41, 5.74) is 7.93. The number of carbonyl (C=O) groups is 1. The highest BCUT2D eigenvalue weighted by atomic mass is 79.9. The highest BCUT2D eigenvalue weighted by Gasteiger charge is 2.08. The number of nitrogens with one attached hydrogen (secondary N) is 1. The summed E-state index contributed by atoms with van der Waals surface area (Å²) < 4.78 is 14.4. The van der Waals surface area contributed by atoms with Crippen molar-refractivity contribution >= 4 is 21.8 Å². The molecule has 0 spiro atoms. The lowest BCUT2D eigenvalue weighted by Crippen LogP contribution is -2.25. The lowest BCUT2D eigenvalue weighted by Gasteiger charge is -2.09. The van der Waals surface area contributed by atoms with E-state index < -0.39 is 0 Å². The van der Waals surface area contributed by atoms with Crippen molar-refractivity contribution in [1.82, 2.24) is 5.32 Å². The summed E-state index contributed by atoms with van der Waals surface area (Å²) >= 11 is 3.28. The molecule has 5 heteroatoms. The fraction of sp³-hybridized carbons (Fsp3) is 0.188. The minimum absolute atomic E-state index is 0.157. The summed E-state index contributed by atoms with van der Waals surface area (Å²) in [4.78, 5) is 12.0. The van der Waals surface area contributed by atoms with Gasteiger partial charge < -0.3 is 11.1 Å². The predicted octanol–water partition coefficient (Wildman–Crippen LogP) is 2.91. The predicted molar refractivity (Wildman–Crippen MR) is 84.0 cm³/mol. The zero-order valence-corrected chi connectivity index (χ0v) is 13.0. The molecule has 110 valence electrons. The Morgan fingerprint density at radius 3 is 2.57 bits per heavy atom. The number of hydrogen-bond donors (Lipinski definition) is 2. The van der Waals surface area contributed by atoms with Crippen LogP contribution in [0.1, 0.15) is 16.7 Å². The second kappa shape index (κ2) is 7.33. The number of benzene rings is 2. The summed E-state index contributed by atoms with van der Waals surface area (Å²) in [5, 5.41) is 2.73. The monoisotopic (exact) mass is 350 g/mol. The SMILES string of the molecule is NCc1ccccc1CC(=O)NCc1cc(Br)ccc1F. The highest BCUT2D eigenvalue weighted by molar-refractivity contribution is 9.10. The van der Waals surface area contributed by atoms with Gasteiger partial charge >= 0.3 is 0 Å². The Labute approximate surface area is 131 Å². The number of rotatable bonds is 5. The van der Waals surface area contributed by atoms with Crippen LogP contribution in [-0.4, -0.2) is 5.91 Å². The molecule has 0 saturated carbocycles. The van der Waals surface area contributed by atoms with Crippen LogP contribution < -0.4 is 11.1 Å². The normalized spacial score (nSPS) is 10.4. The smallest absolute Gasteiger partial charge is 0.224 e. The van der Waals surface area contributed by atoms with Crippen LogP contribution in [0, 0.1) is 5.82 Å². The molecular weight excluding hydrogens is 335 g/mol. The summed E-state index contributed by atoms with van der Waals surface area (Å²) in [5.74, 6) is -0.490. The molecule has 0 saturated heterocycles. The Hall–Kier alpha value is -1.72. The van der Waals surface area contributed by atoms with E-state index in [1.165, 1.54) is 6.07 Å². The van der Waals surface area contributed by atoms with Crippen molar-refractivity contribution in [2.75, 3.05) is 0 Å². The minimum atomic E-state index is -0.333. The van der Waals surface area contributed by atoms with Crippen molar-refractivity contribution in [2.24, 2.45) is 5.73 Å². The van der Waals surface area contributed by atoms with Gasteiger partial charge in [-0.1, -0.05) is 40.2 Å². The molecular formula is C16H16BrFN2O. The van der Waals surface area contributed by atoms with Crippen LogP contribution in [0.2, 0.25) is 0 Å². The van der Waals surface area contributed by atoms with Gasteiger partial charge in [0.15, 0.2) is 0 Å². The quantitative estimate of drug-likeness (QED) is 0.870. The third kappa shape index (κ3) is 4.37. The number of amides is 1. The second-order valence-corrected chi connectivity index (χ2v) is 5.58. The van der Waals surface area contributed by atoms with E-state index in [9.17, 15) is 9.18 Å². The fourth-order valence-electron chi connectivity index (χ4n) is 2.04. The first-order chi connectivity index (χ1) is 10.1. The Morgan fingerprint density at radius 2 is 1.86 bits per heavy atom. The maximum Gasteiger partial charge on any atom is 0.224 e. The zero-order valence-electron chi connectivity index (χ0n) is 11.4. The van der Waals surface area contributed by atoms with Crippen molar-refractivity contribution in [3.8, 4) is 0 Å². The summed E-state index contributed by atoms with van der Waals surface area (Å²) in [6.45, 7) is 0.554. The van der Waals surface area contributed by atoms with Crippen molar-refractivity contribution in [3.05, 3.63) is 69.4 Å². The summed E-state index contributed by atoms with van der Waals surface area (Å²) in [7, 11) is 0. The topological polar surface area (TPSA) is 55.1 Å². The van der Waals surface area contributed by atoms with E-state index >= 15 is 0 Å². The molecule has 2 rings (SSSR count). The molecule has 0 aliphatic rings. The van der Waals surface area contributed by atoms with E-state index in [1.807, 2.05) is 24.3 Å². The molecule has 0 aliphatic heterocycles. The molecule has 1 amide bonds. The number of nitrogens with two attached hydrogens (primary N) is 1. The Balaban J connectivity index is 1.97. The van der Waals surface area contributed by atoms with Gasteiger partial charge in [0.2, 0.25) is 5.91 Å². The fourth-order valence-corrected chi connectivity index (χ4v) is 2.45. The molecule has 0 radical (unpaired) electrons. The van der Waals surface area contributed by atoms with Crippen molar-refractivity contribution in [1.29, 1.82) is 0 Å². The molecule has 0 heterocycles. The van der Waals surface area contributed by atoms with E-state index in [0.29, 0.717) is 12.1 Å². The number of carbonyl (C=O) groups excluding carboxylic acids is 1. The van der Waals surface area contributed by atoms with Crippen LogP contribution in [0.5, 0.6) is 0 Å². The first-order valence-corrected chi connectivity index (χ1v) is 7.37. The third-order valence-corrected chi connectivity index (χ3v) is 3.67. The highest BCUT2D eigenvalue weighted by Crippen LogP contribution is 2.15. The molecule has 0 aliphatic carbocycles. The first kappa shape index (κ1) is 15.7. The van der Waals surface area contributed by atoms with E-state index in [4.69, 9.17) is 5.73 Å². The lowest BCUT2D eigenvalue weighted by molar-refractivity contribution is -0.120. The van der Waals surface area contributed by atoms with E-state index in [0.717, 1.165) is 15.6 Å². The van der Waals surface area contributed by atoms with Gasteiger partial charge in [-0.25, -0.2) is 4.39 Å². The Morgan fingerprint density at radius 1 is 1.14 bits per heavy atom. The molecule has 0 fully saturated rings. The second-order valence-electron chi connectivity index (χ2n) is 4.66. The van der Waals surface area contributed by atoms with Crippen LogP contribution in [0.25, 0.3) is 0 Å². The largest absolute Gasteiger partial charge is 0.352 e. The van der Waals surface area contributed by atoms with Crippen LogP contribution in [0.3, 0.4) is 0 Å². The lowest BCUT2D eigenvalue weighted by atomic mass is 10.0. The van der Waals surface area contributed by atoms with Gasteiger partial charge in [0.1, 0.15) is 5.82 Å². The van der Waals surface area contributed by atoms with Crippen LogP contribution in [0.4, 0.5) is 4.39 Å². The van der Waals surface area contributed by atoms with Gasteiger partial charge in [0.05, 0.1) is 6.42 Å². The number of hydrogen-bond acceptors (Lipinski definition) is 2. The van der Waals surface area contributed by atoms with Gasteiger partial charge in [-0.3, -0.25) is 4.79 Å². The van der Waals surface area contributed by atoms with Crippen molar-refractivity contribution < 1.29 is 9.18 Å². The van der Waals surface area contributed by atoms with Crippen LogP contribution >= 0.6 is 15.9 Å². The summed E-state index contributed by atoms with van der Waals surface area (Å²) in [6, 6.07) is 12.2. The molecule has 3 nitrogen and oxygen atoms in total. The Kier molecular flexibility index (Phi) is 5.47. The molecule has 0 bridgehead atoms. The van der Waals surface area contributed by atoms with E-state index in [2.05, 4.69) is 21.2 Å². The van der Waals surface area contributed by atoms with Crippen LogP contribution in [-0.2, 0) is 24.3 Å². The Bertz CT molecular complexity index is 646.